The van der Waals surface area contributed by atoms with E-state index in [4.69, 9.17) is 16.9 Å². The van der Waals surface area contributed by atoms with Crippen molar-refractivity contribution in [3.05, 3.63) is 0 Å². The van der Waals surface area contributed by atoms with Gasteiger partial charge in [-0.3, -0.25) is 5.41 Å². The van der Waals surface area contributed by atoms with Crippen LogP contribution in [-0.4, -0.2) is 41.4 Å². The molecule has 1 saturated heterocycles. The number of guanidine groups is 2. The Morgan fingerprint density at radius 1 is 1.31 bits per heavy atom. The summed E-state index contributed by atoms with van der Waals surface area (Å²) in [4.78, 5) is 5.54. The lowest BCUT2D eigenvalue weighted by molar-refractivity contribution is 0.455. The minimum atomic E-state index is -0.0433. The third kappa shape index (κ3) is 4.23. The van der Waals surface area contributed by atoms with Gasteiger partial charge < -0.3 is 16.4 Å². The maximum absolute atomic E-state index is 7.48. The van der Waals surface area contributed by atoms with Crippen molar-refractivity contribution in [3.63, 3.8) is 0 Å². The molecule has 1 fully saturated rings. The average Bonchev–Trinajstić information content (AvgIpc) is 2.05. The number of hydrogen-bond acceptors (Lipinski definition) is 2. The summed E-state index contributed by atoms with van der Waals surface area (Å²) in [6.07, 6.45) is 0. The third-order valence-electron chi connectivity index (χ3n) is 1.55. The molecule has 0 spiro atoms. The van der Waals surface area contributed by atoms with Gasteiger partial charge in [-0.2, -0.15) is 16.8 Å². The lowest BCUT2D eigenvalue weighted by Crippen LogP contribution is -2.38. The summed E-state index contributed by atoms with van der Waals surface area (Å²) < 4.78 is 0. The first kappa shape index (κ1) is 12.4. The molecule has 5 nitrogen and oxygen atoms in total. The van der Waals surface area contributed by atoms with Gasteiger partial charge in [0.05, 0.1) is 0 Å². The summed E-state index contributed by atoms with van der Waals surface area (Å²) in [5, 5.41) is 7.48. The summed E-state index contributed by atoms with van der Waals surface area (Å²) in [6, 6.07) is 0. The van der Waals surface area contributed by atoms with Crippen LogP contribution in [0.1, 0.15) is 0 Å². The molecular weight excluding hydrogens is 210 g/mol. The van der Waals surface area contributed by atoms with Crippen LogP contribution < -0.4 is 11.5 Å². The van der Waals surface area contributed by atoms with Crippen LogP contribution in [0.15, 0.2) is 4.99 Å². The summed E-state index contributed by atoms with van der Waals surface area (Å²) in [7, 11) is 0. The lowest BCUT2D eigenvalue weighted by Gasteiger charge is -2.26. The summed E-state index contributed by atoms with van der Waals surface area (Å²) in [6.45, 7) is 1.72. The molecule has 5 N–H and O–H groups in total. The van der Waals surface area contributed by atoms with Crippen molar-refractivity contribution >= 4 is 36.1 Å². The van der Waals surface area contributed by atoms with Crippen LogP contribution in [0.4, 0.5) is 0 Å². The van der Waals surface area contributed by atoms with Gasteiger partial charge in [0.15, 0.2) is 5.96 Å². The smallest absolute Gasteiger partial charge is 0.221 e. The molecule has 0 aliphatic carbocycles. The first-order chi connectivity index (χ1) is 5.70. The fourth-order valence-corrected chi connectivity index (χ4v) is 1.87. The summed E-state index contributed by atoms with van der Waals surface area (Å²) in [5.41, 5.74) is 10.3. The molecule has 0 atom stereocenters. The maximum atomic E-state index is 7.48. The van der Waals surface area contributed by atoms with Crippen LogP contribution >= 0.6 is 24.2 Å². The lowest BCUT2D eigenvalue weighted by atomic mass is 10.5. The van der Waals surface area contributed by atoms with Crippen molar-refractivity contribution in [3.8, 4) is 0 Å². The van der Waals surface area contributed by atoms with Crippen LogP contribution in [0, 0.1) is 5.41 Å². The highest BCUT2D eigenvalue weighted by Gasteiger charge is 2.12. The fourth-order valence-electron chi connectivity index (χ4n) is 0.968. The molecule has 1 aliphatic heterocycles. The van der Waals surface area contributed by atoms with Gasteiger partial charge in [0.25, 0.3) is 0 Å². The SMILES string of the molecule is Cl.N=C(N=C(N)N)N1CCSCC1. The minimum Gasteiger partial charge on any atom is -0.370 e. The van der Waals surface area contributed by atoms with Crippen molar-refractivity contribution in [2.24, 2.45) is 16.5 Å². The van der Waals surface area contributed by atoms with E-state index in [1.54, 1.807) is 0 Å². The van der Waals surface area contributed by atoms with Crippen molar-refractivity contribution < 1.29 is 0 Å². The molecule has 13 heavy (non-hydrogen) atoms. The molecule has 0 unspecified atom stereocenters. The van der Waals surface area contributed by atoms with Gasteiger partial charge in [-0.1, -0.05) is 0 Å². The standard InChI is InChI=1S/C6H13N5S.ClH/c7-5(8)10-6(9)11-1-3-12-4-2-11;/h1-4H2,(H5,7,8,9,10);1H. The average molecular weight is 224 g/mol. The number of nitrogens with two attached hydrogens (primary N) is 2. The Morgan fingerprint density at radius 3 is 2.31 bits per heavy atom. The van der Waals surface area contributed by atoms with E-state index in [-0.39, 0.29) is 24.3 Å². The molecule has 0 aromatic rings. The van der Waals surface area contributed by atoms with Crippen LogP contribution in [-0.2, 0) is 0 Å². The van der Waals surface area contributed by atoms with Crippen molar-refractivity contribution in [2.45, 2.75) is 0 Å². The van der Waals surface area contributed by atoms with Gasteiger partial charge in [-0.05, 0) is 0 Å². The molecule has 76 valence electrons. The van der Waals surface area contributed by atoms with E-state index in [0.717, 1.165) is 24.6 Å². The molecule has 0 amide bonds. The molecule has 0 saturated carbocycles. The Hall–Kier alpha value is -0.620. The third-order valence-corrected chi connectivity index (χ3v) is 2.49. The molecule has 0 aromatic heterocycles. The number of nitrogens with zero attached hydrogens (tertiary/aromatic N) is 2. The minimum absolute atomic E-state index is 0. The largest absolute Gasteiger partial charge is 0.370 e. The van der Waals surface area contributed by atoms with E-state index in [1.165, 1.54) is 0 Å². The quantitative estimate of drug-likeness (QED) is 0.387. The van der Waals surface area contributed by atoms with E-state index < -0.39 is 0 Å². The molecule has 1 heterocycles. The van der Waals surface area contributed by atoms with Gasteiger partial charge in [0, 0.05) is 24.6 Å². The van der Waals surface area contributed by atoms with Crippen LogP contribution in [0.25, 0.3) is 0 Å². The Balaban J connectivity index is 0.00000144. The monoisotopic (exact) mass is 223 g/mol. The zero-order valence-corrected chi connectivity index (χ0v) is 8.83. The molecule has 1 rings (SSSR count). The van der Waals surface area contributed by atoms with E-state index in [2.05, 4.69) is 4.99 Å². The highest BCUT2D eigenvalue weighted by Crippen LogP contribution is 2.09. The highest BCUT2D eigenvalue weighted by atomic mass is 35.5. The van der Waals surface area contributed by atoms with Crippen molar-refractivity contribution in [1.29, 1.82) is 5.41 Å². The van der Waals surface area contributed by atoms with E-state index in [1.807, 2.05) is 16.7 Å². The molecule has 1 aliphatic rings. The number of rotatable bonds is 0. The second-order valence-corrected chi connectivity index (χ2v) is 3.68. The normalized spacial score (nSPS) is 15.8. The van der Waals surface area contributed by atoms with Gasteiger partial charge >= 0.3 is 0 Å². The number of nitrogens with one attached hydrogen (secondary N) is 1. The number of aliphatic imine (C=N–C) groups is 1. The van der Waals surface area contributed by atoms with Gasteiger partial charge in [0.1, 0.15) is 0 Å². The second-order valence-electron chi connectivity index (χ2n) is 2.46. The van der Waals surface area contributed by atoms with Crippen LogP contribution in [0.5, 0.6) is 0 Å². The zero-order valence-electron chi connectivity index (χ0n) is 7.19. The van der Waals surface area contributed by atoms with Crippen LogP contribution in [0.3, 0.4) is 0 Å². The number of halogens is 1. The van der Waals surface area contributed by atoms with E-state index >= 15 is 0 Å². The van der Waals surface area contributed by atoms with Crippen molar-refractivity contribution in [2.75, 3.05) is 24.6 Å². The zero-order chi connectivity index (χ0) is 8.97. The number of hydrogen-bond donors (Lipinski definition) is 3. The maximum Gasteiger partial charge on any atom is 0.221 e. The van der Waals surface area contributed by atoms with E-state index in [9.17, 15) is 0 Å². The summed E-state index contributed by atoms with van der Waals surface area (Å²) >= 11 is 1.89. The van der Waals surface area contributed by atoms with Crippen molar-refractivity contribution in [1.82, 2.24) is 4.90 Å². The molecular formula is C6H14ClN5S. The second kappa shape index (κ2) is 5.93. The Morgan fingerprint density at radius 2 is 1.85 bits per heavy atom. The first-order valence-corrected chi connectivity index (χ1v) is 4.86. The topological polar surface area (TPSA) is 91.5 Å². The molecule has 7 heteroatoms. The predicted molar refractivity (Wildman–Crippen MR) is 59.7 cm³/mol. The van der Waals surface area contributed by atoms with Gasteiger partial charge in [-0.25, -0.2) is 0 Å². The Bertz CT molecular complexity index is 197. The van der Waals surface area contributed by atoms with Gasteiger partial charge in [0.2, 0.25) is 5.96 Å². The van der Waals surface area contributed by atoms with E-state index in [0.29, 0.717) is 0 Å². The summed E-state index contributed by atoms with van der Waals surface area (Å²) in [5.74, 6) is 2.22. The Labute approximate surface area is 87.9 Å². The van der Waals surface area contributed by atoms with Gasteiger partial charge in [-0.15, -0.1) is 12.4 Å². The fraction of sp³-hybridized carbons (Fsp3) is 0.667. The predicted octanol–water partition coefficient (Wildman–Crippen LogP) is -0.335. The number of thioether (sulfide) groups is 1. The Kier molecular flexibility index (Phi) is 5.65. The molecule has 0 aromatic carbocycles. The molecule has 0 radical (unpaired) electrons. The highest BCUT2D eigenvalue weighted by molar-refractivity contribution is 7.99. The molecule has 0 bridgehead atoms. The first-order valence-electron chi connectivity index (χ1n) is 3.71. The van der Waals surface area contributed by atoms with Crippen LogP contribution in [0.2, 0.25) is 0 Å².